The van der Waals surface area contributed by atoms with Crippen LogP contribution >= 0.6 is 0 Å². The summed E-state index contributed by atoms with van der Waals surface area (Å²) in [7, 11) is 0. The van der Waals surface area contributed by atoms with Crippen molar-refractivity contribution in [3.05, 3.63) is 29.8 Å². The van der Waals surface area contributed by atoms with Crippen LogP contribution in [0, 0.1) is 5.92 Å². The monoisotopic (exact) mass is 509 g/mol. The number of carbonyl (C=O) groups excluding carboxylic acids is 4. The number of nitrogens with two attached hydrogens (primary N) is 2. The zero-order valence-electron chi connectivity index (χ0n) is 20.4. The first-order valence-electron chi connectivity index (χ1n) is 11.3. The van der Waals surface area contributed by atoms with E-state index >= 15 is 0 Å². The lowest BCUT2D eigenvalue weighted by molar-refractivity contribution is -0.145. The van der Waals surface area contributed by atoms with Crippen LogP contribution in [-0.4, -0.2) is 75.2 Å². The number of aromatic hydroxyl groups is 1. The van der Waals surface area contributed by atoms with E-state index in [4.69, 9.17) is 11.5 Å². The Balaban J connectivity index is 2.98. The average Bonchev–Trinajstić information content (AvgIpc) is 2.76. The van der Waals surface area contributed by atoms with Crippen molar-refractivity contribution in [2.75, 3.05) is 0 Å². The second kappa shape index (κ2) is 14.0. The molecule has 1 aromatic carbocycles. The van der Waals surface area contributed by atoms with Gasteiger partial charge in [-0.25, -0.2) is 4.79 Å². The van der Waals surface area contributed by atoms with Gasteiger partial charge in [0, 0.05) is 0 Å². The van der Waals surface area contributed by atoms with Crippen LogP contribution in [0.4, 0.5) is 0 Å². The van der Waals surface area contributed by atoms with Gasteiger partial charge in [0.15, 0.2) is 6.04 Å². The molecule has 0 fully saturated rings. The van der Waals surface area contributed by atoms with Crippen molar-refractivity contribution in [3.63, 3.8) is 0 Å². The molecule has 200 valence electrons. The number of phenolic OH excluding ortho intramolecular Hbond substituents is 1. The number of carboxylic acids is 1. The zero-order chi connectivity index (χ0) is 27.6. The van der Waals surface area contributed by atoms with Crippen LogP contribution in [0.2, 0.25) is 0 Å². The fraction of sp³-hybridized carbons (Fsp3) is 0.522. The molecule has 0 radical (unpaired) electrons. The van der Waals surface area contributed by atoms with Gasteiger partial charge in [-0.05, 0) is 43.4 Å². The number of carbonyl (C=O) groups is 5. The molecule has 0 saturated carbocycles. The highest BCUT2D eigenvalue weighted by Crippen LogP contribution is 2.12. The molecule has 36 heavy (non-hydrogen) atoms. The summed E-state index contributed by atoms with van der Waals surface area (Å²) in [6.45, 7) is 4.75. The number of benzene rings is 1. The van der Waals surface area contributed by atoms with Crippen LogP contribution in [0.25, 0.3) is 0 Å². The van der Waals surface area contributed by atoms with Gasteiger partial charge in [-0.3, -0.25) is 19.2 Å². The highest BCUT2D eigenvalue weighted by Gasteiger charge is 2.33. The second-order valence-electron chi connectivity index (χ2n) is 8.96. The predicted octanol–water partition coefficient (Wildman–Crippen LogP) is -1.90. The smallest absolute Gasteiger partial charge is 0.328 e. The summed E-state index contributed by atoms with van der Waals surface area (Å²) >= 11 is 0. The Morgan fingerprint density at radius 3 is 1.89 bits per heavy atom. The van der Waals surface area contributed by atoms with Crippen LogP contribution < -0.4 is 27.4 Å². The minimum Gasteiger partial charge on any atom is -0.508 e. The summed E-state index contributed by atoms with van der Waals surface area (Å²) in [5.41, 5.74) is 11.8. The SMILES string of the molecule is CC(C)CC(NC(=O)C(N)Cc1ccc(O)cc1)C(=O)NC(CC(N)=O)C(=O)NC(C(=O)O)C(C)O. The van der Waals surface area contributed by atoms with Crippen LogP contribution in [0.1, 0.15) is 39.2 Å². The largest absolute Gasteiger partial charge is 0.508 e. The Bertz CT molecular complexity index is 935. The van der Waals surface area contributed by atoms with Crippen molar-refractivity contribution in [1.29, 1.82) is 0 Å². The molecule has 1 rings (SSSR count). The Morgan fingerprint density at radius 2 is 1.42 bits per heavy atom. The number of rotatable bonds is 14. The van der Waals surface area contributed by atoms with Crippen molar-refractivity contribution < 1.29 is 39.3 Å². The van der Waals surface area contributed by atoms with E-state index in [0.29, 0.717) is 5.56 Å². The number of phenols is 1. The summed E-state index contributed by atoms with van der Waals surface area (Å²) in [5, 5.41) is 35.1. The summed E-state index contributed by atoms with van der Waals surface area (Å²) in [5.74, 6) is -4.96. The van der Waals surface area contributed by atoms with Crippen molar-refractivity contribution in [1.82, 2.24) is 16.0 Å². The summed E-state index contributed by atoms with van der Waals surface area (Å²) in [4.78, 5) is 61.0. The molecular weight excluding hydrogens is 474 g/mol. The number of carboxylic acid groups (broad SMARTS) is 1. The Hall–Kier alpha value is -3.71. The first-order valence-corrected chi connectivity index (χ1v) is 11.3. The lowest BCUT2D eigenvalue weighted by atomic mass is 10.0. The molecule has 5 atom stereocenters. The summed E-state index contributed by atoms with van der Waals surface area (Å²) < 4.78 is 0. The van der Waals surface area contributed by atoms with E-state index in [-0.39, 0.29) is 24.5 Å². The molecule has 1 aromatic rings. The van der Waals surface area contributed by atoms with Gasteiger partial charge in [-0.15, -0.1) is 0 Å². The van der Waals surface area contributed by atoms with E-state index in [1.165, 1.54) is 12.1 Å². The first-order chi connectivity index (χ1) is 16.7. The van der Waals surface area contributed by atoms with E-state index in [2.05, 4.69) is 16.0 Å². The highest BCUT2D eigenvalue weighted by atomic mass is 16.4. The maximum atomic E-state index is 13.0. The lowest BCUT2D eigenvalue weighted by Crippen LogP contribution is -2.59. The van der Waals surface area contributed by atoms with E-state index in [1.807, 2.05) is 0 Å². The molecule has 0 bridgehead atoms. The van der Waals surface area contributed by atoms with E-state index < -0.39 is 66.3 Å². The van der Waals surface area contributed by atoms with Gasteiger partial charge in [-0.2, -0.15) is 0 Å². The van der Waals surface area contributed by atoms with Crippen molar-refractivity contribution in [3.8, 4) is 5.75 Å². The molecule has 0 aliphatic carbocycles. The third-order valence-corrected chi connectivity index (χ3v) is 5.15. The Labute approximate surface area is 208 Å². The molecule has 0 saturated heterocycles. The zero-order valence-corrected chi connectivity index (χ0v) is 20.4. The molecule has 13 heteroatoms. The van der Waals surface area contributed by atoms with E-state index in [0.717, 1.165) is 6.92 Å². The molecule has 0 heterocycles. The molecule has 0 aliphatic heterocycles. The quantitative estimate of drug-likeness (QED) is 0.140. The molecule has 0 aromatic heterocycles. The van der Waals surface area contributed by atoms with E-state index in [9.17, 15) is 39.3 Å². The molecule has 10 N–H and O–H groups in total. The van der Waals surface area contributed by atoms with Gasteiger partial charge in [0.05, 0.1) is 18.6 Å². The maximum Gasteiger partial charge on any atom is 0.328 e. The molecule has 0 aliphatic rings. The standard InChI is InChI=1S/C23H35N5O8/c1-11(2)8-16(26-20(32)15(24)9-13-4-6-14(30)7-5-13)21(33)27-17(10-18(25)31)22(34)28-19(12(3)29)23(35)36/h4-7,11-12,15-17,19,29-30H,8-10,24H2,1-3H3,(H2,25,31)(H,26,32)(H,27,33)(H,28,34)(H,35,36). The number of aliphatic carboxylic acids is 1. The molecule has 4 amide bonds. The molecule has 5 unspecified atom stereocenters. The molecule has 0 spiro atoms. The Kier molecular flexibility index (Phi) is 11.8. The number of hydrogen-bond acceptors (Lipinski definition) is 8. The number of hydrogen-bond donors (Lipinski definition) is 8. The van der Waals surface area contributed by atoms with Crippen LogP contribution in [-0.2, 0) is 30.4 Å². The van der Waals surface area contributed by atoms with Gasteiger partial charge in [0.2, 0.25) is 23.6 Å². The lowest BCUT2D eigenvalue weighted by Gasteiger charge is -2.26. The summed E-state index contributed by atoms with van der Waals surface area (Å²) in [6.07, 6.45) is -1.81. The third kappa shape index (κ3) is 10.3. The Morgan fingerprint density at radius 1 is 0.889 bits per heavy atom. The van der Waals surface area contributed by atoms with Crippen molar-refractivity contribution >= 4 is 29.6 Å². The fourth-order valence-corrected chi connectivity index (χ4v) is 3.29. The number of nitrogens with one attached hydrogen (secondary N) is 3. The van der Waals surface area contributed by atoms with Gasteiger partial charge in [-0.1, -0.05) is 26.0 Å². The fourth-order valence-electron chi connectivity index (χ4n) is 3.29. The highest BCUT2D eigenvalue weighted by molar-refractivity contribution is 5.96. The number of primary amides is 1. The average molecular weight is 510 g/mol. The van der Waals surface area contributed by atoms with Gasteiger partial charge < -0.3 is 42.7 Å². The second-order valence-corrected chi connectivity index (χ2v) is 8.96. The van der Waals surface area contributed by atoms with Gasteiger partial charge in [0.25, 0.3) is 0 Å². The first kappa shape index (κ1) is 30.3. The van der Waals surface area contributed by atoms with Crippen LogP contribution in [0.5, 0.6) is 5.75 Å². The minimum absolute atomic E-state index is 0.0584. The predicted molar refractivity (Wildman–Crippen MR) is 128 cm³/mol. The maximum absolute atomic E-state index is 13.0. The number of aliphatic hydroxyl groups is 1. The van der Waals surface area contributed by atoms with Crippen molar-refractivity contribution in [2.45, 2.75) is 70.3 Å². The number of aliphatic hydroxyl groups excluding tert-OH is 1. The van der Waals surface area contributed by atoms with Crippen LogP contribution in [0.15, 0.2) is 24.3 Å². The summed E-state index contributed by atoms with van der Waals surface area (Å²) in [6, 6.07) is 0.720. The molecule has 13 nitrogen and oxygen atoms in total. The third-order valence-electron chi connectivity index (χ3n) is 5.15. The van der Waals surface area contributed by atoms with Gasteiger partial charge >= 0.3 is 5.97 Å². The van der Waals surface area contributed by atoms with Crippen LogP contribution in [0.3, 0.4) is 0 Å². The van der Waals surface area contributed by atoms with Crippen molar-refractivity contribution in [2.24, 2.45) is 17.4 Å². The topological polar surface area (TPSA) is 234 Å². The van der Waals surface area contributed by atoms with Gasteiger partial charge in [0.1, 0.15) is 17.8 Å². The number of amides is 4. The molecular formula is C23H35N5O8. The minimum atomic E-state index is -1.69. The normalized spacial score (nSPS) is 15.2. The van der Waals surface area contributed by atoms with E-state index in [1.54, 1.807) is 26.0 Å².